The molecule has 1 aliphatic heterocycles. The van der Waals surface area contributed by atoms with Crippen LogP contribution in [-0.2, 0) is 18.9 Å². The summed E-state index contributed by atoms with van der Waals surface area (Å²) in [6.45, 7) is 1.34. The van der Waals surface area contributed by atoms with E-state index in [2.05, 4.69) is 0 Å². The van der Waals surface area contributed by atoms with Crippen LogP contribution in [0, 0.1) is 0 Å². The number of aromatic nitrogens is 1. The Hall–Kier alpha value is -2.82. The molecule has 1 aromatic heterocycles. The summed E-state index contributed by atoms with van der Waals surface area (Å²) in [4.78, 5) is 29.2. The normalized spacial score (nSPS) is 16.0. The summed E-state index contributed by atoms with van der Waals surface area (Å²) >= 11 is 0. The predicted octanol–water partition coefficient (Wildman–Crippen LogP) is 3.37. The summed E-state index contributed by atoms with van der Waals surface area (Å²) in [7, 11) is 0. The maximum Gasteiger partial charge on any atom is 0.431 e. The van der Waals surface area contributed by atoms with Crippen molar-refractivity contribution in [2.45, 2.75) is 18.9 Å². The fourth-order valence-electron chi connectivity index (χ4n) is 3.19. The van der Waals surface area contributed by atoms with Gasteiger partial charge < -0.3 is 9.88 Å². The Balaban J connectivity index is 1.62. The molecule has 1 fully saturated rings. The molecular weight excluding hydrogens is 416 g/mol. The van der Waals surface area contributed by atoms with Gasteiger partial charge in [-0.3, -0.25) is 14.5 Å². The standard InChI is InChI=1S/C19H17F6N3O2/c20-18(21,22)13-3-1-2-12(10-13)11-27-6-8-28(9-7-27)17(30)14-4-5-15(19(23,24)25)26-16(14)29/h1-5,10H,6-9,11H2,(H,26,29). The average molecular weight is 433 g/mol. The first-order valence-corrected chi connectivity index (χ1v) is 8.93. The second-order valence-electron chi connectivity index (χ2n) is 6.88. The van der Waals surface area contributed by atoms with Crippen molar-refractivity contribution in [3.8, 4) is 0 Å². The molecule has 5 nitrogen and oxygen atoms in total. The number of alkyl halides is 6. The van der Waals surface area contributed by atoms with E-state index in [0.717, 1.165) is 18.2 Å². The number of carbonyl (C=O) groups excluding carboxylic acids is 1. The molecule has 162 valence electrons. The third kappa shape index (κ3) is 5.02. The highest BCUT2D eigenvalue weighted by Crippen LogP contribution is 2.30. The summed E-state index contributed by atoms with van der Waals surface area (Å²) in [5.41, 5.74) is -3.02. The molecule has 1 aliphatic rings. The summed E-state index contributed by atoms with van der Waals surface area (Å²) < 4.78 is 76.4. The van der Waals surface area contributed by atoms with Gasteiger partial charge in [0.15, 0.2) is 0 Å². The molecule has 1 saturated heterocycles. The van der Waals surface area contributed by atoms with E-state index in [1.54, 1.807) is 11.1 Å². The fraction of sp³-hybridized carbons (Fsp3) is 0.368. The highest BCUT2D eigenvalue weighted by Gasteiger charge is 2.33. The van der Waals surface area contributed by atoms with Gasteiger partial charge in [-0.2, -0.15) is 26.3 Å². The smallest absolute Gasteiger partial charge is 0.336 e. The number of carbonyl (C=O) groups is 1. The molecule has 0 bridgehead atoms. The van der Waals surface area contributed by atoms with Gasteiger partial charge in [0.1, 0.15) is 11.3 Å². The minimum absolute atomic E-state index is 0.193. The maximum atomic E-state index is 12.8. The Morgan fingerprint density at radius 2 is 1.60 bits per heavy atom. The summed E-state index contributed by atoms with van der Waals surface area (Å²) in [5, 5.41) is 0. The zero-order valence-electron chi connectivity index (χ0n) is 15.5. The monoisotopic (exact) mass is 433 g/mol. The Bertz CT molecular complexity index is 975. The molecule has 1 aromatic carbocycles. The molecule has 0 aliphatic carbocycles. The number of benzene rings is 1. The van der Waals surface area contributed by atoms with E-state index in [4.69, 9.17) is 0 Å². The summed E-state index contributed by atoms with van der Waals surface area (Å²) in [5.74, 6) is -0.691. The number of pyridine rings is 1. The topological polar surface area (TPSA) is 56.4 Å². The molecule has 2 aromatic rings. The maximum absolute atomic E-state index is 12.8. The summed E-state index contributed by atoms with van der Waals surface area (Å²) in [6.07, 6.45) is -9.16. The zero-order chi connectivity index (χ0) is 22.1. The second kappa shape index (κ2) is 8.13. The lowest BCUT2D eigenvalue weighted by Gasteiger charge is -2.34. The molecule has 0 spiro atoms. The molecule has 0 unspecified atom stereocenters. The van der Waals surface area contributed by atoms with Gasteiger partial charge in [0.05, 0.1) is 5.56 Å². The highest BCUT2D eigenvalue weighted by atomic mass is 19.4. The van der Waals surface area contributed by atoms with Crippen LogP contribution in [0.15, 0.2) is 41.2 Å². The van der Waals surface area contributed by atoms with Crippen LogP contribution in [0.4, 0.5) is 26.3 Å². The SMILES string of the molecule is O=C(c1ccc(C(F)(F)F)[nH]c1=O)N1CCN(Cc2cccc(C(F)(F)F)c2)CC1. The largest absolute Gasteiger partial charge is 0.431 e. The first kappa shape index (κ1) is 21.9. The van der Waals surface area contributed by atoms with Crippen LogP contribution in [0.25, 0.3) is 0 Å². The van der Waals surface area contributed by atoms with Crippen LogP contribution in [0.3, 0.4) is 0 Å². The number of rotatable bonds is 3. The van der Waals surface area contributed by atoms with Crippen molar-refractivity contribution in [1.82, 2.24) is 14.8 Å². The first-order valence-electron chi connectivity index (χ1n) is 8.93. The molecule has 0 atom stereocenters. The number of nitrogens with one attached hydrogen (secondary N) is 1. The van der Waals surface area contributed by atoms with Crippen molar-refractivity contribution < 1.29 is 31.1 Å². The van der Waals surface area contributed by atoms with E-state index >= 15 is 0 Å². The third-order valence-corrected chi connectivity index (χ3v) is 4.77. The molecular formula is C19H17F6N3O2. The number of halogens is 6. The number of amides is 1. The van der Waals surface area contributed by atoms with Crippen LogP contribution in [0.2, 0.25) is 0 Å². The van der Waals surface area contributed by atoms with Gasteiger partial charge in [-0.15, -0.1) is 0 Å². The van der Waals surface area contributed by atoms with E-state index in [9.17, 15) is 35.9 Å². The van der Waals surface area contributed by atoms with Crippen LogP contribution < -0.4 is 5.56 Å². The molecule has 0 saturated carbocycles. The number of hydrogen-bond donors (Lipinski definition) is 1. The Labute approximate surface area is 166 Å². The lowest BCUT2D eigenvalue weighted by molar-refractivity contribution is -0.141. The average Bonchev–Trinajstić information content (AvgIpc) is 2.67. The van der Waals surface area contributed by atoms with Crippen molar-refractivity contribution in [3.05, 3.63) is 69.1 Å². The highest BCUT2D eigenvalue weighted by molar-refractivity contribution is 5.93. The van der Waals surface area contributed by atoms with Crippen molar-refractivity contribution in [3.63, 3.8) is 0 Å². The van der Waals surface area contributed by atoms with E-state index in [-0.39, 0.29) is 19.6 Å². The third-order valence-electron chi connectivity index (χ3n) is 4.77. The Kier molecular flexibility index (Phi) is 5.93. The first-order chi connectivity index (χ1) is 13.9. The number of nitrogens with zero attached hydrogens (tertiary/aromatic N) is 2. The van der Waals surface area contributed by atoms with E-state index < -0.39 is 40.6 Å². The van der Waals surface area contributed by atoms with E-state index in [1.807, 2.05) is 4.90 Å². The second-order valence-corrected chi connectivity index (χ2v) is 6.88. The number of hydrogen-bond acceptors (Lipinski definition) is 3. The summed E-state index contributed by atoms with van der Waals surface area (Å²) in [6, 6.07) is 6.45. The lowest BCUT2D eigenvalue weighted by Crippen LogP contribution is -2.49. The van der Waals surface area contributed by atoms with Gasteiger partial charge in [0.2, 0.25) is 0 Å². The van der Waals surface area contributed by atoms with Crippen molar-refractivity contribution >= 4 is 5.91 Å². The molecule has 2 heterocycles. The molecule has 3 rings (SSSR count). The van der Waals surface area contributed by atoms with Gasteiger partial charge >= 0.3 is 12.4 Å². The van der Waals surface area contributed by atoms with E-state index in [1.165, 1.54) is 11.0 Å². The number of H-pyrrole nitrogens is 1. The molecule has 1 amide bonds. The van der Waals surface area contributed by atoms with Crippen LogP contribution in [0.5, 0.6) is 0 Å². The van der Waals surface area contributed by atoms with Gasteiger partial charge in [-0.1, -0.05) is 18.2 Å². The van der Waals surface area contributed by atoms with Gasteiger partial charge in [-0.25, -0.2) is 0 Å². The predicted molar refractivity (Wildman–Crippen MR) is 94.7 cm³/mol. The lowest BCUT2D eigenvalue weighted by atomic mass is 10.1. The molecule has 11 heteroatoms. The Morgan fingerprint density at radius 3 is 2.17 bits per heavy atom. The van der Waals surface area contributed by atoms with Crippen LogP contribution >= 0.6 is 0 Å². The fourth-order valence-corrected chi connectivity index (χ4v) is 3.19. The number of aromatic amines is 1. The van der Waals surface area contributed by atoms with E-state index in [0.29, 0.717) is 24.7 Å². The molecule has 1 N–H and O–H groups in total. The van der Waals surface area contributed by atoms with Crippen molar-refractivity contribution in [2.24, 2.45) is 0 Å². The van der Waals surface area contributed by atoms with Gasteiger partial charge in [0, 0.05) is 32.7 Å². The van der Waals surface area contributed by atoms with Crippen molar-refractivity contribution in [1.29, 1.82) is 0 Å². The van der Waals surface area contributed by atoms with Crippen LogP contribution in [-0.4, -0.2) is 46.9 Å². The van der Waals surface area contributed by atoms with Gasteiger partial charge in [0.25, 0.3) is 11.5 Å². The van der Waals surface area contributed by atoms with Crippen molar-refractivity contribution in [2.75, 3.05) is 26.2 Å². The number of piperazine rings is 1. The minimum Gasteiger partial charge on any atom is -0.336 e. The quantitative estimate of drug-likeness (QED) is 0.756. The molecule has 30 heavy (non-hydrogen) atoms. The Morgan fingerprint density at radius 1 is 0.933 bits per heavy atom. The van der Waals surface area contributed by atoms with Gasteiger partial charge in [-0.05, 0) is 23.8 Å². The molecule has 0 radical (unpaired) electrons. The minimum atomic E-state index is -4.73. The zero-order valence-corrected chi connectivity index (χ0v) is 15.5. The van der Waals surface area contributed by atoms with Crippen LogP contribution in [0.1, 0.15) is 27.2 Å².